The molecule has 0 N–H and O–H groups in total. The molecule has 3 aromatic rings. The Balaban J connectivity index is 1.78. The van der Waals surface area contributed by atoms with Gasteiger partial charge in [0, 0.05) is 37.6 Å². The molecule has 170 valence electrons. The van der Waals surface area contributed by atoms with Crippen LogP contribution in [0.25, 0.3) is 0 Å². The fourth-order valence-electron chi connectivity index (χ4n) is 3.15. The van der Waals surface area contributed by atoms with Gasteiger partial charge in [-0.2, -0.15) is 13.2 Å². The van der Waals surface area contributed by atoms with Gasteiger partial charge in [-0.05, 0) is 56.1 Å². The summed E-state index contributed by atoms with van der Waals surface area (Å²) >= 11 is 0. The zero-order valence-electron chi connectivity index (χ0n) is 17.8. The van der Waals surface area contributed by atoms with Crippen molar-refractivity contribution >= 4 is 5.91 Å². The van der Waals surface area contributed by atoms with Gasteiger partial charge in [-0.25, -0.2) is 9.37 Å². The van der Waals surface area contributed by atoms with Crippen molar-refractivity contribution in [3.05, 3.63) is 89.3 Å². The van der Waals surface area contributed by atoms with Gasteiger partial charge in [0.2, 0.25) is 0 Å². The van der Waals surface area contributed by atoms with E-state index in [1.54, 1.807) is 21.9 Å². The van der Waals surface area contributed by atoms with Gasteiger partial charge in [0.1, 0.15) is 11.6 Å². The summed E-state index contributed by atoms with van der Waals surface area (Å²) in [5.41, 5.74) is 0.347. The van der Waals surface area contributed by atoms with Gasteiger partial charge < -0.3 is 14.4 Å². The van der Waals surface area contributed by atoms with Crippen molar-refractivity contribution in [2.45, 2.75) is 19.3 Å². The van der Waals surface area contributed by atoms with E-state index in [0.29, 0.717) is 36.6 Å². The second-order valence-corrected chi connectivity index (χ2v) is 7.70. The van der Waals surface area contributed by atoms with Gasteiger partial charge in [0.15, 0.2) is 0 Å². The highest BCUT2D eigenvalue weighted by molar-refractivity contribution is 5.94. The minimum atomic E-state index is -4.38. The normalized spacial score (nSPS) is 11.7. The maximum absolute atomic E-state index is 13.3. The standard InChI is InChI=1S/C23H24F4N4O/c1-29(2)13-14-31(22(32)18-5-9-20(24)10-6-18)16-21-28-11-12-30(21)15-17-3-7-19(8-4-17)23(25,26)27/h3-12H,13-16H2,1-2H3. The van der Waals surface area contributed by atoms with E-state index >= 15 is 0 Å². The van der Waals surface area contributed by atoms with E-state index in [9.17, 15) is 22.4 Å². The van der Waals surface area contributed by atoms with Crippen LogP contribution in [0.1, 0.15) is 27.3 Å². The highest BCUT2D eigenvalue weighted by Gasteiger charge is 2.30. The zero-order chi connectivity index (χ0) is 23.3. The first kappa shape index (κ1) is 23.5. The number of hydrogen-bond acceptors (Lipinski definition) is 3. The quantitative estimate of drug-likeness (QED) is 0.483. The number of alkyl halides is 3. The van der Waals surface area contributed by atoms with E-state index < -0.39 is 17.6 Å². The smallest absolute Gasteiger partial charge is 0.330 e. The topological polar surface area (TPSA) is 41.4 Å². The van der Waals surface area contributed by atoms with Crippen molar-refractivity contribution in [1.29, 1.82) is 0 Å². The summed E-state index contributed by atoms with van der Waals surface area (Å²) in [7, 11) is 3.79. The first-order valence-electron chi connectivity index (χ1n) is 9.99. The molecule has 0 saturated heterocycles. The molecule has 0 bridgehead atoms. The van der Waals surface area contributed by atoms with Crippen LogP contribution in [0, 0.1) is 5.82 Å². The molecule has 3 rings (SSSR count). The molecule has 1 heterocycles. The predicted octanol–water partition coefficient (Wildman–Crippen LogP) is 4.29. The highest BCUT2D eigenvalue weighted by atomic mass is 19.4. The van der Waals surface area contributed by atoms with Gasteiger partial charge in [0.25, 0.3) is 5.91 Å². The number of likely N-dealkylation sites (N-methyl/N-ethyl adjacent to an activating group) is 1. The van der Waals surface area contributed by atoms with Crippen molar-refractivity contribution in [3.8, 4) is 0 Å². The molecule has 0 atom stereocenters. The third kappa shape index (κ3) is 6.16. The molecule has 0 aliphatic carbocycles. The van der Waals surface area contributed by atoms with Gasteiger partial charge in [-0.1, -0.05) is 12.1 Å². The molecule has 5 nitrogen and oxygen atoms in total. The number of hydrogen-bond donors (Lipinski definition) is 0. The Morgan fingerprint density at radius 3 is 2.25 bits per heavy atom. The van der Waals surface area contributed by atoms with Gasteiger partial charge in [0.05, 0.1) is 12.1 Å². The van der Waals surface area contributed by atoms with E-state index in [1.807, 2.05) is 19.0 Å². The van der Waals surface area contributed by atoms with Crippen LogP contribution in [0.2, 0.25) is 0 Å². The van der Waals surface area contributed by atoms with Crippen molar-refractivity contribution in [2.75, 3.05) is 27.2 Å². The van der Waals surface area contributed by atoms with E-state index in [1.165, 1.54) is 36.4 Å². The monoisotopic (exact) mass is 448 g/mol. The number of carbonyl (C=O) groups excluding carboxylic acids is 1. The Morgan fingerprint density at radius 2 is 1.66 bits per heavy atom. The number of rotatable bonds is 8. The molecule has 0 aliphatic rings. The second-order valence-electron chi connectivity index (χ2n) is 7.70. The molecule has 0 spiro atoms. The number of imidazole rings is 1. The van der Waals surface area contributed by atoms with Crippen molar-refractivity contribution in [2.24, 2.45) is 0 Å². The van der Waals surface area contributed by atoms with Gasteiger partial charge in [-0.15, -0.1) is 0 Å². The summed E-state index contributed by atoms with van der Waals surface area (Å²) in [6, 6.07) is 10.3. The molecule has 0 fully saturated rings. The molecule has 1 aromatic heterocycles. The van der Waals surface area contributed by atoms with E-state index in [4.69, 9.17) is 0 Å². The fraction of sp³-hybridized carbons (Fsp3) is 0.304. The summed E-state index contributed by atoms with van der Waals surface area (Å²) in [6.07, 6.45) is -1.07. The Kier molecular flexibility index (Phi) is 7.29. The first-order valence-corrected chi connectivity index (χ1v) is 9.99. The van der Waals surface area contributed by atoms with Crippen LogP contribution in [-0.2, 0) is 19.3 Å². The van der Waals surface area contributed by atoms with Gasteiger partial charge in [-0.3, -0.25) is 4.79 Å². The van der Waals surface area contributed by atoms with E-state index in [2.05, 4.69) is 4.98 Å². The largest absolute Gasteiger partial charge is 0.416 e. The fourth-order valence-corrected chi connectivity index (χ4v) is 3.15. The number of nitrogens with zero attached hydrogens (tertiary/aromatic N) is 4. The Labute approximate surface area is 183 Å². The SMILES string of the molecule is CN(C)CCN(Cc1nccn1Cc1ccc(C(F)(F)F)cc1)C(=O)c1ccc(F)cc1. The third-order valence-corrected chi connectivity index (χ3v) is 4.96. The summed E-state index contributed by atoms with van der Waals surface area (Å²) < 4.78 is 53.4. The molecule has 32 heavy (non-hydrogen) atoms. The van der Waals surface area contributed by atoms with E-state index in [-0.39, 0.29) is 12.5 Å². The lowest BCUT2D eigenvalue weighted by atomic mass is 10.1. The molecule has 0 unspecified atom stereocenters. The summed E-state index contributed by atoms with van der Waals surface area (Å²) in [6.45, 7) is 1.57. The van der Waals surface area contributed by atoms with Crippen LogP contribution in [0.3, 0.4) is 0 Å². The molecule has 0 saturated carbocycles. The van der Waals surface area contributed by atoms with Crippen molar-refractivity contribution in [1.82, 2.24) is 19.4 Å². The van der Waals surface area contributed by atoms with Crippen molar-refractivity contribution in [3.63, 3.8) is 0 Å². The highest BCUT2D eigenvalue weighted by Crippen LogP contribution is 2.29. The molecule has 0 aliphatic heterocycles. The molecule has 0 radical (unpaired) electrons. The average Bonchev–Trinajstić information content (AvgIpc) is 3.17. The summed E-state index contributed by atoms with van der Waals surface area (Å²) in [4.78, 5) is 20.9. The molecular formula is C23H24F4N4O. The van der Waals surface area contributed by atoms with Crippen molar-refractivity contribution < 1.29 is 22.4 Å². The minimum absolute atomic E-state index is 0.206. The number of benzene rings is 2. The average molecular weight is 448 g/mol. The van der Waals surface area contributed by atoms with Crippen LogP contribution in [-0.4, -0.2) is 52.4 Å². The maximum atomic E-state index is 13.3. The number of aromatic nitrogens is 2. The van der Waals surface area contributed by atoms with Gasteiger partial charge >= 0.3 is 6.18 Å². The lowest BCUT2D eigenvalue weighted by Gasteiger charge is -2.24. The number of amides is 1. The Hall–Kier alpha value is -3.20. The minimum Gasteiger partial charge on any atom is -0.330 e. The third-order valence-electron chi connectivity index (χ3n) is 4.96. The predicted molar refractivity (Wildman–Crippen MR) is 112 cm³/mol. The van der Waals surface area contributed by atoms with Crippen LogP contribution in [0.15, 0.2) is 60.9 Å². The van der Waals surface area contributed by atoms with Crippen LogP contribution >= 0.6 is 0 Å². The Morgan fingerprint density at radius 1 is 1.00 bits per heavy atom. The number of halogens is 4. The second kappa shape index (κ2) is 9.95. The van der Waals surface area contributed by atoms with Crippen LogP contribution in [0.5, 0.6) is 0 Å². The zero-order valence-corrected chi connectivity index (χ0v) is 17.8. The summed E-state index contributed by atoms with van der Waals surface area (Å²) in [5.74, 6) is -0.0801. The lowest BCUT2D eigenvalue weighted by molar-refractivity contribution is -0.137. The first-order chi connectivity index (χ1) is 15.1. The van der Waals surface area contributed by atoms with Crippen LogP contribution < -0.4 is 0 Å². The molecular weight excluding hydrogens is 424 g/mol. The summed E-state index contributed by atoms with van der Waals surface area (Å²) in [5, 5.41) is 0. The number of carbonyl (C=O) groups is 1. The molecule has 9 heteroatoms. The van der Waals surface area contributed by atoms with E-state index in [0.717, 1.165) is 12.1 Å². The molecule has 1 amide bonds. The lowest BCUT2D eigenvalue weighted by Crippen LogP contribution is -2.37. The maximum Gasteiger partial charge on any atom is 0.416 e. The Bertz CT molecular complexity index is 1030. The molecule has 2 aromatic carbocycles. The van der Waals surface area contributed by atoms with Crippen LogP contribution in [0.4, 0.5) is 17.6 Å².